The van der Waals surface area contributed by atoms with Crippen molar-refractivity contribution >= 4 is 5.97 Å². The second-order valence-electron chi connectivity index (χ2n) is 4.58. The molecule has 0 radical (unpaired) electrons. The Balaban J connectivity index is 2.09. The number of rotatable bonds is 5. The second kappa shape index (κ2) is 6.21. The molecule has 0 saturated heterocycles. The highest BCUT2D eigenvalue weighted by Gasteiger charge is 2.10. The Morgan fingerprint density at radius 1 is 1.33 bits per heavy atom. The third-order valence-corrected chi connectivity index (χ3v) is 3.02. The molecule has 0 aliphatic rings. The largest absolute Gasteiger partial charge is 0.491 e. The first kappa shape index (κ1) is 14.8. The van der Waals surface area contributed by atoms with E-state index in [2.05, 4.69) is 4.98 Å². The van der Waals surface area contributed by atoms with Gasteiger partial charge >= 0.3 is 5.97 Å². The molecule has 1 aromatic heterocycles. The Labute approximate surface area is 121 Å². The fourth-order valence-corrected chi connectivity index (χ4v) is 2.05. The standard InChI is InChI=1S/C15H16N2O4/c1-10-9-14(18)17(11(2)16-10)7-8-21-13-6-4-3-5-12(13)15(19)20/h3-6,9H,7-8H2,1-2H3,(H,19,20). The summed E-state index contributed by atoms with van der Waals surface area (Å²) in [4.78, 5) is 27.1. The van der Waals surface area contributed by atoms with Gasteiger partial charge in [-0.05, 0) is 26.0 Å². The smallest absolute Gasteiger partial charge is 0.339 e. The van der Waals surface area contributed by atoms with E-state index in [0.717, 1.165) is 0 Å². The minimum Gasteiger partial charge on any atom is -0.491 e. The van der Waals surface area contributed by atoms with Crippen molar-refractivity contribution in [2.45, 2.75) is 20.4 Å². The van der Waals surface area contributed by atoms with Crippen LogP contribution in [0.25, 0.3) is 0 Å². The van der Waals surface area contributed by atoms with Crippen LogP contribution in [0, 0.1) is 13.8 Å². The molecule has 1 N–H and O–H groups in total. The number of hydrogen-bond acceptors (Lipinski definition) is 4. The Hall–Kier alpha value is -2.63. The zero-order valence-electron chi connectivity index (χ0n) is 11.9. The Morgan fingerprint density at radius 3 is 2.71 bits per heavy atom. The van der Waals surface area contributed by atoms with E-state index in [-0.39, 0.29) is 23.5 Å². The number of carboxylic acids is 1. The lowest BCUT2D eigenvalue weighted by Crippen LogP contribution is -2.26. The van der Waals surface area contributed by atoms with Crippen molar-refractivity contribution in [2.24, 2.45) is 0 Å². The molecule has 110 valence electrons. The van der Waals surface area contributed by atoms with Crippen molar-refractivity contribution in [2.75, 3.05) is 6.61 Å². The average Bonchev–Trinajstić information content (AvgIpc) is 2.42. The van der Waals surface area contributed by atoms with Gasteiger partial charge < -0.3 is 9.84 Å². The summed E-state index contributed by atoms with van der Waals surface area (Å²) in [5.41, 5.74) is 0.629. The van der Waals surface area contributed by atoms with Crippen LogP contribution < -0.4 is 10.3 Å². The summed E-state index contributed by atoms with van der Waals surface area (Å²) >= 11 is 0. The number of carboxylic acid groups (broad SMARTS) is 1. The van der Waals surface area contributed by atoms with E-state index >= 15 is 0 Å². The van der Waals surface area contributed by atoms with Crippen LogP contribution in [0.2, 0.25) is 0 Å². The topological polar surface area (TPSA) is 81.4 Å². The zero-order valence-corrected chi connectivity index (χ0v) is 11.9. The van der Waals surface area contributed by atoms with E-state index in [1.165, 1.54) is 16.7 Å². The van der Waals surface area contributed by atoms with E-state index in [4.69, 9.17) is 9.84 Å². The first-order valence-electron chi connectivity index (χ1n) is 6.49. The number of hydrogen-bond donors (Lipinski definition) is 1. The van der Waals surface area contributed by atoms with Crippen LogP contribution in [0.1, 0.15) is 21.9 Å². The van der Waals surface area contributed by atoms with Crippen LogP contribution in [0.4, 0.5) is 0 Å². The molecule has 0 aliphatic heterocycles. The van der Waals surface area contributed by atoms with E-state index in [1.807, 2.05) is 0 Å². The molecular formula is C15H16N2O4. The third kappa shape index (κ3) is 3.47. The number of aryl methyl sites for hydroxylation is 2. The summed E-state index contributed by atoms with van der Waals surface area (Å²) in [6.07, 6.45) is 0. The number of aromatic nitrogens is 2. The summed E-state index contributed by atoms with van der Waals surface area (Å²) in [5, 5.41) is 9.06. The van der Waals surface area contributed by atoms with Gasteiger partial charge in [0, 0.05) is 11.8 Å². The van der Waals surface area contributed by atoms with E-state index in [0.29, 0.717) is 18.1 Å². The van der Waals surface area contributed by atoms with Crippen LogP contribution in [0.15, 0.2) is 35.1 Å². The summed E-state index contributed by atoms with van der Waals surface area (Å²) < 4.78 is 6.97. The number of para-hydroxylation sites is 1. The van der Waals surface area contributed by atoms with Crippen LogP contribution in [0.3, 0.4) is 0 Å². The van der Waals surface area contributed by atoms with Gasteiger partial charge in [-0.15, -0.1) is 0 Å². The van der Waals surface area contributed by atoms with Gasteiger partial charge in [-0.25, -0.2) is 9.78 Å². The molecule has 2 rings (SSSR count). The SMILES string of the molecule is Cc1cc(=O)n(CCOc2ccccc2C(=O)O)c(C)n1. The lowest BCUT2D eigenvalue weighted by Gasteiger charge is -2.12. The maximum absolute atomic E-state index is 11.9. The van der Waals surface area contributed by atoms with Gasteiger partial charge in [0.05, 0.1) is 6.54 Å². The molecule has 1 heterocycles. The van der Waals surface area contributed by atoms with Gasteiger partial charge in [0.1, 0.15) is 23.7 Å². The molecule has 0 amide bonds. The normalized spacial score (nSPS) is 10.4. The van der Waals surface area contributed by atoms with E-state index in [9.17, 15) is 9.59 Å². The van der Waals surface area contributed by atoms with Crippen molar-refractivity contribution in [3.63, 3.8) is 0 Å². The lowest BCUT2D eigenvalue weighted by molar-refractivity contribution is 0.0692. The fourth-order valence-electron chi connectivity index (χ4n) is 2.05. The van der Waals surface area contributed by atoms with E-state index in [1.54, 1.807) is 32.0 Å². The molecular weight excluding hydrogens is 272 g/mol. The maximum atomic E-state index is 11.9. The van der Waals surface area contributed by atoms with Gasteiger partial charge in [-0.2, -0.15) is 0 Å². The Kier molecular flexibility index (Phi) is 4.37. The first-order chi connectivity index (χ1) is 9.99. The van der Waals surface area contributed by atoms with Gasteiger partial charge in [0.2, 0.25) is 0 Å². The zero-order chi connectivity index (χ0) is 15.4. The van der Waals surface area contributed by atoms with Crippen molar-refractivity contribution in [1.29, 1.82) is 0 Å². The Bertz CT molecular complexity index is 722. The van der Waals surface area contributed by atoms with Gasteiger partial charge in [0.15, 0.2) is 0 Å². The van der Waals surface area contributed by atoms with Crippen molar-refractivity contribution < 1.29 is 14.6 Å². The van der Waals surface area contributed by atoms with Crippen molar-refractivity contribution in [3.05, 3.63) is 57.8 Å². The molecule has 2 aromatic rings. The van der Waals surface area contributed by atoms with Gasteiger partial charge in [-0.3, -0.25) is 9.36 Å². The highest BCUT2D eigenvalue weighted by Crippen LogP contribution is 2.17. The number of benzene rings is 1. The molecule has 6 nitrogen and oxygen atoms in total. The number of aromatic carboxylic acids is 1. The highest BCUT2D eigenvalue weighted by molar-refractivity contribution is 5.90. The molecule has 0 aliphatic carbocycles. The van der Waals surface area contributed by atoms with Gasteiger partial charge in [-0.1, -0.05) is 12.1 Å². The monoisotopic (exact) mass is 288 g/mol. The molecule has 0 spiro atoms. The summed E-state index contributed by atoms with van der Waals surface area (Å²) in [6.45, 7) is 4.01. The average molecular weight is 288 g/mol. The van der Waals surface area contributed by atoms with Crippen LogP contribution >= 0.6 is 0 Å². The summed E-state index contributed by atoms with van der Waals surface area (Å²) in [6, 6.07) is 7.86. The number of nitrogens with zero attached hydrogens (tertiary/aromatic N) is 2. The second-order valence-corrected chi connectivity index (χ2v) is 4.58. The highest BCUT2D eigenvalue weighted by atomic mass is 16.5. The van der Waals surface area contributed by atoms with Crippen LogP contribution in [-0.4, -0.2) is 27.2 Å². The van der Waals surface area contributed by atoms with Crippen LogP contribution in [0.5, 0.6) is 5.75 Å². The molecule has 0 saturated carbocycles. The molecule has 21 heavy (non-hydrogen) atoms. The fraction of sp³-hybridized carbons (Fsp3) is 0.267. The predicted molar refractivity (Wildman–Crippen MR) is 76.9 cm³/mol. The maximum Gasteiger partial charge on any atom is 0.339 e. The molecule has 6 heteroatoms. The molecule has 0 bridgehead atoms. The molecule has 0 atom stereocenters. The van der Waals surface area contributed by atoms with Gasteiger partial charge in [0.25, 0.3) is 5.56 Å². The molecule has 1 aromatic carbocycles. The minimum atomic E-state index is -1.05. The quantitative estimate of drug-likeness (QED) is 0.904. The summed E-state index contributed by atoms with van der Waals surface area (Å²) in [5.74, 6) is -0.151. The number of carbonyl (C=O) groups is 1. The van der Waals surface area contributed by atoms with Crippen LogP contribution in [-0.2, 0) is 6.54 Å². The molecule has 0 fully saturated rings. The minimum absolute atomic E-state index is 0.101. The van der Waals surface area contributed by atoms with Crippen molar-refractivity contribution in [1.82, 2.24) is 9.55 Å². The molecule has 0 unspecified atom stereocenters. The predicted octanol–water partition coefficient (Wildman–Crippen LogP) is 1.64. The first-order valence-corrected chi connectivity index (χ1v) is 6.49. The lowest BCUT2D eigenvalue weighted by atomic mass is 10.2. The summed E-state index contributed by atoms with van der Waals surface area (Å²) in [7, 11) is 0. The van der Waals surface area contributed by atoms with Crippen molar-refractivity contribution in [3.8, 4) is 5.75 Å². The number of ether oxygens (including phenoxy) is 1. The Morgan fingerprint density at radius 2 is 2.05 bits per heavy atom. The third-order valence-electron chi connectivity index (χ3n) is 3.02. The van der Waals surface area contributed by atoms with E-state index < -0.39 is 5.97 Å².